The number of aryl methyl sites for hydroxylation is 1. The largest absolute Gasteiger partial charge is 0.497 e. The molecule has 0 fully saturated rings. The lowest BCUT2D eigenvalue weighted by Gasteiger charge is -2.22. The maximum atomic E-state index is 5.79. The molecule has 2 aromatic carbocycles. The van der Waals surface area contributed by atoms with Crippen molar-refractivity contribution in [2.75, 3.05) is 14.2 Å². The highest BCUT2D eigenvalue weighted by molar-refractivity contribution is 5.50. The van der Waals surface area contributed by atoms with Gasteiger partial charge < -0.3 is 9.47 Å². The molecule has 0 saturated heterocycles. The highest BCUT2D eigenvalue weighted by Crippen LogP contribution is 2.34. The average Bonchev–Trinajstić information content (AvgIpc) is 2.52. The molecule has 4 heteroatoms. The molecule has 0 saturated carbocycles. The third-order valence-corrected chi connectivity index (χ3v) is 3.82. The molecule has 0 aliphatic rings. The van der Waals surface area contributed by atoms with E-state index < -0.39 is 0 Å². The topological polar surface area (TPSA) is 56.5 Å². The van der Waals surface area contributed by atoms with E-state index in [1.165, 1.54) is 5.56 Å². The van der Waals surface area contributed by atoms with Gasteiger partial charge in [0, 0.05) is 5.56 Å². The Balaban J connectivity index is 2.53. The Hall–Kier alpha value is -2.04. The highest BCUT2D eigenvalue weighted by atomic mass is 16.5. The molecule has 0 aliphatic heterocycles. The Kier molecular flexibility index (Phi) is 4.83. The molecule has 0 amide bonds. The van der Waals surface area contributed by atoms with Gasteiger partial charge >= 0.3 is 0 Å². The molecule has 21 heavy (non-hydrogen) atoms. The quantitative estimate of drug-likeness (QED) is 0.655. The van der Waals surface area contributed by atoms with Crippen LogP contribution in [-0.4, -0.2) is 14.2 Å². The van der Waals surface area contributed by atoms with E-state index in [2.05, 4.69) is 25.3 Å². The number of hydrazine groups is 1. The monoisotopic (exact) mass is 286 g/mol. The molecule has 112 valence electrons. The van der Waals surface area contributed by atoms with E-state index in [9.17, 15) is 0 Å². The van der Waals surface area contributed by atoms with E-state index in [1.54, 1.807) is 14.2 Å². The van der Waals surface area contributed by atoms with Crippen molar-refractivity contribution in [2.24, 2.45) is 5.84 Å². The Morgan fingerprint density at radius 3 is 2.43 bits per heavy atom. The van der Waals surface area contributed by atoms with E-state index in [-0.39, 0.29) is 6.04 Å². The van der Waals surface area contributed by atoms with E-state index in [4.69, 9.17) is 15.3 Å². The lowest BCUT2D eigenvalue weighted by atomic mass is 9.94. The van der Waals surface area contributed by atoms with Gasteiger partial charge in [0.15, 0.2) is 0 Å². The predicted molar refractivity (Wildman–Crippen MR) is 84.6 cm³/mol. The number of hydrogen-bond acceptors (Lipinski definition) is 4. The molecule has 1 unspecified atom stereocenters. The van der Waals surface area contributed by atoms with Crippen LogP contribution in [0.5, 0.6) is 11.5 Å². The standard InChI is InChI=1S/C17H22N2O2/c1-11-8-9-15(17(21-4)12(11)2)16(19-18)13-6-5-7-14(10-13)20-3/h5-10,16,19H,18H2,1-4H3. The van der Waals surface area contributed by atoms with E-state index in [1.807, 2.05) is 30.3 Å². The van der Waals surface area contributed by atoms with Gasteiger partial charge in [-0.15, -0.1) is 0 Å². The molecular formula is C17H22N2O2. The SMILES string of the molecule is COc1cccc(C(NN)c2ccc(C)c(C)c2OC)c1. The van der Waals surface area contributed by atoms with Gasteiger partial charge in [0.05, 0.1) is 20.3 Å². The molecule has 1 atom stereocenters. The lowest BCUT2D eigenvalue weighted by molar-refractivity contribution is 0.400. The minimum Gasteiger partial charge on any atom is -0.497 e. The summed E-state index contributed by atoms with van der Waals surface area (Å²) in [5.41, 5.74) is 7.22. The summed E-state index contributed by atoms with van der Waals surface area (Å²) in [6.45, 7) is 4.12. The van der Waals surface area contributed by atoms with E-state index in [0.717, 1.165) is 28.2 Å². The molecule has 0 aromatic heterocycles. The summed E-state index contributed by atoms with van der Waals surface area (Å²) < 4.78 is 10.9. The zero-order valence-corrected chi connectivity index (χ0v) is 12.9. The van der Waals surface area contributed by atoms with Gasteiger partial charge in [-0.3, -0.25) is 5.84 Å². The smallest absolute Gasteiger partial charge is 0.127 e. The summed E-state index contributed by atoms with van der Waals surface area (Å²) in [4.78, 5) is 0. The summed E-state index contributed by atoms with van der Waals surface area (Å²) in [5, 5.41) is 0. The van der Waals surface area contributed by atoms with Crippen molar-refractivity contribution in [1.82, 2.24) is 5.43 Å². The molecule has 4 nitrogen and oxygen atoms in total. The lowest BCUT2D eigenvalue weighted by Crippen LogP contribution is -2.29. The summed E-state index contributed by atoms with van der Waals surface area (Å²) in [5.74, 6) is 7.46. The Bertz CT molecular complexity index is 626. The van der Waals surface area contributed by atoms with Crippen molar-refractivity contribution in [2.45, 2.75) is 19.9 Å². The minimum atomic E-state index is -0.158. The molecule has 3 N–H and O–H groups in total. The first-order valence-electron chi connectivity index (χ1n) is 6.86. The minimum absolute atomic E-state index is 0.158. The van der Waals surface area contributed by atoms with Crippen LogP contribution in [0.1, 0.15) is 28.3 Å². The number of methoxy groups -OCH3 is 2. The highest BCUT2D eigenvalue weighted by Gasteiger charge is 2.19. The average molecular weight is 286 g/mol. The number of hydrogen-bond donors (Lipinski definition) is 2. The van der Waals surface area contributed by atoms with Crippen LogP contribution in [0.25, 0.3) is 0 Å². The fourth-order valence-electron chi connectivity index (χ4n) is 2.50. The second-order valence-electron chi connectivity index (χ2n) is 5.01. The Morgan fingerprint density at radius 1 is 1.05 bits per heavy atom. The molecule has 0 bridgehead atoms. The number of ether oxygens (including phenoxy) is 2. The van der Waals surface area contributed by atoms with E-state index >= 15 is 0 Å². The van der Waals surface area contributed by atoms with Gasteiger partial charge in [0.25, 0.3) is 0 Å². The van der Waals surface area contributed by atoms with Gasteiger partial charge in [0.1, 0.15) is 11.5 Å². The van der Waals surface area contributed by atoms with Crippen LogP contribution >= 0.6 is 0 Å². The Morgan fingerprint density at radius 2 is 1.81 bits per heavy atom. The van der Waals surface area contributed by atoms with E-state index in [0.29, 0.717) is 0 Å². The number of benzene rings is 2. The predicted octanol–water partition coefficient (Wildman–Crippen LogP) is 2.87. The van der Waals surface area contributed by atoms with Crippen LogP contribution in [0.3, 0.4) is 0 Å². The molecule has 2 rings (SSSR count). The maximum Gasteiger partial charge on any atom is 0.127 e. The van der Waals surface area contributed by atoms with Crippen LogP contribution < -0.4 is 20.7 Å². The summed E-state index contributed by atoms with van der Waals surface area (Å²) in [6, 6.07) is 11.8. The third kappa shape index (κ3) is 3.01. The van der Waals surface area contributed by atoms with Crippen LogP contribution in [0.4, 0.5) is 0 Å². The molecule has 2 aromatic rings. The second-order valence-corrected chi connectivity index (χ2v) is 5.01. The number of nitrogens with one attached hydrogen (secondary N) is 1. The first-order valence-corrected chi connectivity index (χ1v) is 6.86. The Labute approximate surface area is 125 Å². The zero-order valence-electron chi connectivity index (χ0n) is 12.9. The summed E-state index contributed by atoms with van der Waals surface area (Å²) >= 11 is 0. The fraction of sp³-hybridized carbons (Fsp3) is 0.294. The van der Waals surface area contributed by atoms with Gasteiger partial charge in [-0.25, -0.2) is 5.43 Å². The first-order chi connectivity index (χ1) is 10.1. The molecular weight excluding hydrogens is 264 g/mol. The van der Waals surface area contributed by atoms with Crippen molar-refractivity contribution in [3.63, 3.8) is 0 Å². The van der Waals surface area contributed by atoms with Crippen molar-refractivity contribution in [3.8, 4) is 11.5 Å². The molecule has 0 spiro atoms. The second kappa shape index (κ2) is 6.61. The summed E-state index contributed by atoms with van der Waals surface area (Å²) in [7, 11) is 3.34. The number of nitrogens with two attached hydrogens (primary N) is 1. The summed E-state index contributed by atoms with van der Waals surface area (Å²) in [6.07, 6.45) is 0. The van der Waals surface area contributed by atoms with Crippen LogP contribution in [0, 0.1) is 13.8 Å². The van der Waals surface area contributed by atoms with Crippen LogP contribution in [-0.2, 0) is 0 Å². The van der Waals surface area contributed by atoms with Crippen molar-refractivity contribution < 1.29 is 9.47 Å². The third-order valence-electron chi connectivity index (χ3n) is 3.82. The molecule has 0 heterocycles. The van der Waals surface area contributed by atoms with Crippen LogP contribution in [0.2, 0.25) is 0 Å². The maximum absolute atomic E-state index is 5.79. The fourth-order valence-corrected chi connectivity index (χ4v) is 2.50. The van der Waals surface area contributed by atoms with Crippen LogP contribution in [0.15, 0.2) is 36.4 Å². The van der Waals surface area contributed by atoms with Gasteiger partial charge in [-0.2, -0.15) is 0 Å². The normalized spacial score (nSPS) is 12.0. The van der Waals surface area contributed by atoms with Crippen molar-refractivity contribution in [1.29, 1.82) is 0 Å². The number of rotatable bonds is 5. The van der Waals surface area contributed by atoms with Gasteiger partial charge in [-0.1, -0.05) is 24.3 Å². The van der Waals surface area contributed by atoms with Crippen molar-refractivity contribution >= 4 is 0 Å². The van der Waals surface area contributed by atoms with Crippen molar-refractivity contribution in [3.05, 3.63) is 58.7 Å². The molecule has 0 radical (unpaired) electrons. The van der Waals surface area contributed by atoms with Gasteiger partial charge in [-0.05, 0) is 42.7 Å². The van der Waals surface area contributed by atoms with Gasteiger partial charge in [0.2, 0.25) is 0 Å². The molecule has 0 aliphatic carbocycles. The zero-order chi connectivity index (χ0) is 15.4. The first kappa shape index (κ1) is 15.4.